The first-order chi connectivity index (χ1) is 10.5. The molecule has 0 aliphatic rings. The largest absolute Gasteiger partial charge is 0.356 e. The lowest BCUT2D eigenvalue weighted by molar-refractivity contribution is 0.904. The zero-order chi connectivity index (χ0) is 15.7. The zero-order valence-electron chi connectivity index (χ0n) is 11.9. The second-order valence-corrected chi connectivity index (χ2v) is 5.97. The minimum absolute atomic E-state index is 0.0253. The van der Waals surface area contributed by atoms with Gasteiger partial charge in [-0.05, 0) is 35.4 Å². The normalized spacial score (nSPS) is 10.7. The highest BCUT2D eigenvalue weighted by atomic mass is 35.5. The summed E-state index contributed by atoms with van der Waals surface area (Å²) in [5.74, 6) is 0. The summed E-state index contributed by atoms with van der Waals surface area (Å²) in [6.45, 7) is 0. The molecule has 0 aliphatic heterocycles. The van der Waals surface area contributed by atoms with E-state index in [1.54, 1.807) is 24.3 Å². The second kappa shape index (κ2) is 5.99. The molecule has 0 spiro atoms. The third-order valence-electron chi connectivity index (χ3n) is 3.45. The summed E-state index contributed by atoms with van der Waals surface area (Å²) in [4.78, 5) is 12.8. The van der Waals surface area contributed by atoms with Crippen LogP contribution in [-0.4, -0.2) is 4.57 Å². The predicted octanol–water partition coefficient (Wildman–Crippen LogP) is 5.03. The Morgan fingerprint density at radius 1 is 0.818 bits per heavy atom. The van der Waals surface area contributed by atoms with Gasteiger partial charge in [0.15, 0.2) is 5.43 Å². The second-order valence-electron chi connectivity index (χ2n) is 5.10. The first kappa shape index (κ1) is 14.9. The number of hydrogen-bond acceptors (Lipinski definition) is 1. The van der Waals surface area contributed by atoms with Crippen LogP contribution >= 0.6 is 23.2 Å². The van der Waals surface area contributed by atoms with Crippen LogP contribution in [-0.2, 0) is 7.05 Å². The third-order valence-corrected chi connectivity index (χ3v) is 3.93. The summed E-state index contributed by atoms with van der Waals surface area (Å²) in [7, 11) is 1.90. The Hall–Kier alpha value is -2.03. The molecule has 1 aromatic heterocycles. The summed E-state index contributed by atoms with van der Waals surface area (Å²) >= 11 is 12.0. The fourth-order valence-corrected chi connectivity index (χ4v) is 2.72. The van der Waals surface area contributed by atoms with Crippen molar-refractivity contribution in [2.75, 3.05) is 0 Å². The fraction of sp³-hybridized carbons (Fsp3) is 0.0556. The zero-order valence-corrected chi connectivity index (χ0v) is 13.4. The Kier molecular flexibility index (Phi) is 4.06. The predicted molar refractivity (Wildman–Crippen MR) is 92.6 cm³/mol. The van der Waals surface area contributed by atoms with Crippen molar-refractivity contribution in [3.63, 3.8) is 0 Å². The molecule has 3 rings (SSSR count). The molecule has 0 aliphatic carbocycles. The molecule has 3 aromatic rings. The third kappa shape index (κ3) is 2.94. The minimum atomic E-state index is -0.0253. The van der Waals surface area contributed by atoms with E-state index in [9.17, 15) is 4.79 Å². The quantitative estimate of drug-likeness (QED) is 0.646. The van der Waals surface area contributed by atoms with Crippen molar-refractivity contribution in [3.05, 3.63) is 81.2 Å². The van der Waals surface area contributed by atoms with E-state index >= 15 is 0 Å². The van der Waals surface area contributed by atoms with Crippen LogP contribution in [0.2, 0.25) is 10.0 Å². The van der Waals surface area contributed by atoms with Crippen LogP contribution in [0.1, 0.15) is 0 Å². The number of pyridine rings is 1. The smallest absolute Gasteiger partial charge is 0.197 e. The molecule has 2 nitrogen and oxygen atoms in total. The van der Waals surface area contributed by atoms with Gasteiger partial charge in [0.1, 0.15) is 0 Å². The van der Waals surface area contributed by atoms with Gasteiger partial charge in [0.2, 0.25) is 0 Å². The van der Waals surface area contributed by atoms with E-state index in [2.05, 4.69) is 0 Å². The number of halogens is 2. The highest BCUT2D eigenvalue weighted by molar-refractivity contribution is 6.31. The van der Waals surface area contributed by atoms with E-state index in [4.69, 9.17) is 23.2 Å². The number of rotatable bonds is 2. The maximum absolute atomic E-state index is 12.8. The van der Waals surface area contributed by atoms with Gasteiger partial charge in [0.25, 0.3) is 0 Å². The average molecular weight is 330 g/mol. The minimum Gasteiger partial charge on any atom is -0.356 e. The lowest BCUT2D eigenvalue weighted by Crippen LogP contribution is -2.11. The van der Waals surface area contributed by atoms with Gasteiger partial charge in [-0.15, -0.1) is 0 Å². The summed E-state index contributed by atoms with van der Waals surface area (Å²) in [5.41, 5.74) is 2.88. The summed E-state index contributed by atoms with van der Waals surface area (Å²) in [6.07, 6.45) is 3.63. The van der Waals surface area contributed by atoms with Crippen molar-refractivity contribution in [2.24, 2.45) is 7.05 Å². The standard InChI is InChI=1S/C18H13Cl2NO/c1-21-10-16(12-5-7-14(19)8-6-12)18(22)17(11-21)13-3-2-4-15(20)9-13/h2-11H,1H3. The molecule has 22 heavy (non-hydrogen) atoms. The van der Waals surface area contributed by atoms with E-state index < -0.39 is 0 Å². The molecule has 0 N–H and O–H groups in total. The topological polar surface area (TPSA) is 22.0 Å². The Morgan fingerprint density at radius 2 is 1.45 bits per heavy atom. The van der Waals surface area contributed by atoms with Crippen molar-refractivity contribution in [1.82, 2.24) is 4.57 Å². The van der Waals surface area contributed by atoms with Crippen LogP contribution in [0.15, 0.2) is 65.7 Å². The highest BCUT2D eigenvalue weighted by Gasteiger charge is 2.11. The first-order valence-corrected chi connectivity index (χ1v) is 7.52. The summed E-state index contributed by atoms with van der Waals surface area (Å²) < 4.78 is 1.88. The molecule has 0 fully saturated rings. The molecule has 110 valence electrons. The van der Waals surface area contributed by atoms with Gasteiger partial charge in [-0.3, -0.25) is 4.79 Å². The van der Waals surface area contributed by atoms with Crippen molar-refractivity contribution in [1.29, 1.82) is 0 Å². The van der Waals surface area contributed by atoms with Gasteiger partial charge in [-0.1, -0.05) is 47.5 Å². The van der Waals surface area contributed by atoms with Gasteiger partial charge in [-0.2, -0.15) is 0 Å². The number of aromatic nitrogens is 1. The molecule has 0 amide bonds. The van der Waals surface area contributed by atoms with Gasteiger partial charge in [0, 0.05) is 40.6 Å². The monoisotopic (exact) mass is 329 g/mol. The van der Waals surface area contributed by atoms with Crippen molar-refractivity contribution >= 4 is 23.2 Å². The van der Waals surface area contributed by atoms with Crippen LogP contribution < -0.4 is 5.43 Å². The number of aryl methyl sites for hydroxylation is 1. The number of hydrogen-bond donors (Lipinski definition) is 0. The molecule has 1 heterocycles. The molecule has 0 bridgehead atoms. The van der Waals surface area contributed by atoms with Crippen molar-refractivity contribution < 1.29 is 0 Å². The van der Waals surface area contributed by atoms with Crippen molar-refractivity contribution in [3.8, 4) is 22.3 Å². The number of nitrogens with zero attached hydrogens (tertiary/aromatic N) is 1. The maximum atomic E-state index is 12.8. The Bertz CT molecular complexity index is 882. The van der Waals surface area contributed by atoms with E-state index in [-0.39, 0.29) is 5.43 Å². The van der Waals surface area contributed by atoms with Crippen molar-refractivity contribution in [2.45, 2.75) is 0 Å². The Morgan fingerprint density at radius 3 is 2.09 bits per heavy atom. The van der Waals surface area contributed by atoms with Gasteiger partial charge >= 0.3 is 0 Å². The van der Waals surface area contributed by atoms with E-state index in [0.29, 0.717) is 21.2 Å². The lowest BCUT2D eigenvalue weighted by Gasteiger charge is -2.09. The van der Waals surface area contributed by atoms with Crippen LogP contribution in [0.3, 0.4) is 0 Å². The molecule has 4 heteroatoms. The molecule has 0 atom stereocenters. The highest BCUT2D eigenvalue weighted by Crippen LogP contribution is 2.24. The Labute approximate surface area is 138 Å². The van der Waals surface area contributed by atoms with Crippen LogP contribution in [0, 0.1) is 0 Å². The maximum Gasteiger partial charge on any atom is 0.197 e. The lowest BCUT2D eigenvalue weighted by atomic mass is 10.0. The van der Waals surface area contributed by atoms with Crippen LogP contribution in [0.25, 0.3) is 22.3 Å². The SMILES string of the molecule is Cn1cc(-c2ccc(Cl)cc2)c(=O)c(-c2cccc(Cl)c2)c1. The van der Waals surface area contributed by atoms with Crippen LogP contribution in [0.5, 0.6) is 0 Å². The van der Waals surface area contributed by atoms with Gasteiger partial charge in [-0.25, -0.2) is 0 Å². The van der Waals surface area contributed by atoms with Crippen LogP contribution in [0.4, 0.5) is 0 Å². The molecule has 0 radical (unpaired) electrons. The molecular formula is C18H13Cl2NO. The van der Waals surface area contributed by atoms with Gasteiger partial charge in [0.05, 0.1) is 0 Å². The average Bonchev–Trinajstić information content (AvgIpc) is 2.50. The van der Waals surface area contributed by atoms with Gasteiger partial charge < -0.3 is 4.57 Å². The molecule has 2 aromatic carbocycles. The van der Waals surface area contributed by atoms with E-state index in [0.717, 1.165) is 11.1 Å². The fourth-order valence-electron chi connectivity index (χ4n) is 2.40. The Balaban J connectivity index is 2.22. The summed E-state index contributed by atoms with van der Waals surface area (Å²) in [6, 6.07) is 14.6. The molecule has 0 saturated heterocycles. The summed E-state index contributed by atoms with van der Waals surface area (Å²) in [5, 5.41) is 1.25. The van der Waals surface area contributed by atoms with E-state index in [1.807, 2.05) is 48.3 Å². The number of benzene rings is 2. The molecule has 0 saturated carbocycles. The molecule has 0 unspecified atom stereocenters. The molecular weight excluding hydrogens is 317 g/mol. The first-order valence-electron chi connectivity index (χ1n) is 6.77. The van der Waals surface area contributed by atoms with E-state index in [1.165, 1.54) is 0 Å².